The number of nitrogens with one attached hydrogen (secondary N) is 1. The van der Waals surface area contributed by atoms with Crippen LogP contribution in [0.2, 0.25) is 0 Å². The van der Waals surface area contributed by atoms with Gasteiger partial charge in [0.05, 0.1) is 6.04 Å². The van der Waals surface area contributed by atoms with Crippen molar-refractivity contribution in [2.24, 2.45) is 10.7 Å². The number of guanidine groups is 1. The molecule has 78 valence electrons. The zero-order chi connectivity index (χ0) is 10.4. The van der Waals surface area contributed by atoms with Crippen molar-refractivity contribution in [2.75, 3.05) is 20.6 Å². The molecule has 0 aromatic rings. The van der Waals surface area contributed by atoms with E-state index in [1.807, 2.05) is 27.9 Å². The fourth-order valence-electron chi connectivity index (χ4n) is 1.14. The summed E-state index contributed by atoms with van der Waals surface area (Å²) in [5, 5.41) is 3.06. The highest BCUT2D eigenvalue weighted by molar-refractivity contribution is 5.78. The van der Waals surface area contributed by atoms with Gasteiger partial charge < -0.3 is 16.0 Å². The first-order chi connectivity index (χ1) is 5.91. The minimum Gasteiger partial charge on any atom is -0.370 e. The van der Waals surface area contributed by atoms with Gasteiger partial charge in [0.25, 0.3) is 0 Å². The number of rotatable bonds is 4. The van der Waals surface area contributed by atoms with Crippen molar-refractivity contribution >= 4 is 5.96 Å². The highest BCUT2D eigenvalue weighted by Gasteiger charge is 2.02. The molecule has 1 atom stereocenters. The third kappa shape index (κ3) is 7.59. The molecule has 0 saturated carbocycles. The summed E-state index contributed by atoms with van der Waals surface area (Å²) in [6.45, 7) is 7.05. The van der Waals surface area contributed by atoms with Gasteiger partial charge in [0.2, 0.25) is 0 Å². The second-order valence-electron chi connectivity index (χ2n) is 3.92. The average molecular weight is 186 g/mol. The zero-order valence-corrected chi connectivity index (χ0v) is 9.33. The molecule has 0 fully saturated rings. The van der Waals surface area contributed by atoms with Crippen LogP contribution >= 0.6 is 0 Å². The summed E-state index contributed by atoms with van der Waals surface area (Å²) in [5.41, 5.74) is 5.67. The third-order valence-corrected chi connectivity index (χ3v) is 1.43. The van der Waals surface area contributed by atoms with Crippen molar-refractivity contribution in [3.05, 3.63) is 0 Å². The Labute approximate surface area is 81.2 Å². The van der Waals surface area contributed by atoms with Gasteiger partial charge >= 0.3 is 0 Å². The van der Waals surface area contributed by atoms with Crippen molar-refractivity contribution < 1.29 is 0 Å². The summed E-state index contributed by atoms with van der Waals surface area (Å²) < 4.78 is 0. The molecule has 3 N–H and O–H groups in total. The van der Waals surface area contributed by atoms with Crippen LogP contribution in [0.3, 0.4) is 0 Å². The lowest BCUT2D eigenvalue weighted by Crippen LogP contribution is -2.38. The fourth-order valence-corrected chi connectivity index (χ4v) is 1.14. The maximum absolute atomic E-state index is 5.67. The molecule has 0 aliphatic rings. The lowest BCUT2D eigenvalue weighted by molar-refractivity contribution is 0.383. The molecule has 0 rings (SSSR count). The fraction of sp³-hybridized carbons (Fsp3) is 0.889. The first kappa shape index (κ1) is 12.2. The summed E-state index contributed by atoms with van der Waals surface area (Å²) in [6.07, 6.45) is 0. The monoisotopic (exact) mass is 186 g/mol. The first-order valence-corrected chi connectivity index (χ1v) is 4.66. The lowest BCUT2D eigenvalue weighted by Gasteiger charge is -2.15. The number of nitrogens with zero attached hydrogens (tertiary/aromatic N) is 2. The molecule has 4 heteroatoms. The van der Waals surface area contributed by atoms with Gasteiger partial charge in [-0.15, -0.1) is 0 Å². The molecule has 0 aromatic heterocycles. The second kappa shape index (κ2) is 5.80. The van der Waals surface area contributed by atoms with E-state index < -0.39 is 0 Å². The van der Waals surface area contributed by atoms with E-state index in [4.69, 9.17) is 5.73 Å². The standard InChI is InChI=1S/C9H22N4/c1-7(2)11-9(10)12-8(3)6-13(4)5/h7-8H,6H2,1-5H3,(H3,10,11,12). The van der Waals surface area contributed by atoms with Gasteiger partial charge in [0, 0.05) is 12.6 Å². The Kier molecular flexibility index (Phi) is 5.46. The Morgan fingerprint density at radius 1 is 1.38 bits per heavy atom. The quantitative estimate of drug-likeness (QED) is 0.489. The molecule has 0 aliphatic carbocycles. The average Bonchev–Trinajstić information content (AvgIpc) is 1.80. The highest BCUT2D eigenvalue weighted by Crippen LogP contribution is 1.91. The maximum atomic E-state index is 5.67. The highest BCUT2D eigenvalue weighted by atomic mass is 15.1. The Hall–Kier alpha value is -0.770. The van der Waals surface area contributed by atoms with Crippen molar-refractivity contribution in [3.8, 4) is 0 Å². The molecule has 4 nitrogen and oxygen atoms in total. The molecule has 0 aromatic carbocycles. The first-order valence-electron chi connectivity index (χ1n) is 4.66. The van der Waals surface area contributed by atoms with E-state index >= 15 is 0 Å². The van der Waals surface area contributed by atoms with E-state index in [1.54, 1.807) is 0 Å². The number of likely N-dealkylation sites (N-methyl/N-ethyl adjacent to an activating group) is 1. The molecule has 0 bridgehead atoms. The molecule has 0 saturated heterocycles. The molecule has 1 unspecified atom stereocenters. The summed E-state index contributed by atoms with van der Waals surface area (Å²) in [7, 11) is 4.05. The van der Waals surface area contributed by atoms with Crippen LogP contribution in [-0.2, 0) is 0 Å². The molecule has 0 aliphatic heterocycles. The van der Waals surface area contributed by atoms with Gasteiger partial charge in [-0.25, -0.2) is 4.99 Å². The van der Waals surface area contributed by atoms with Crippen LogP contribution in [0.15, 0.2) is 4.99 Å². The number of hydrogen-bond donors (Lipinski definition) is 2. The molecule has 0 heterocycles. The summed E-state index contributed by atoms with van der Waals surface area (Å²) >= 11 is 0. The molecular formula is C9H22N4. The Morgan fingerprint density at radius 3 is 2.31 bits per heavy atom. The number of hydrogen-bond acceptors (Lipinski definition) is 2. The summed E-state index contributed by atoms with van der Waals surface area (Å²) in [6, 6.07) is 0.580. The van der Waals surface area contributed by atoms with Crippen molar-refractivity contribution in [3.63, 3.8) is 0 Å². The van der Waals surface area contributed by atoms with E-state index in [9.17, 15) is 0 Å². The van der Waals surface area contributed by atoms with E-state index in [1.165, 1.54) is 0 Å². The van der Waals surface area contributed by atoms with Crippen LogP contribution in [0.25, 0.3) is 0 Å². The van der Waals surface area contributed by atoms with Gasteiger partial charge in [-0.1, -0.05) is 0 Å². The third-order valence-electron chi connectivity index (χ3n) is 1.43. The smallest absolute Gasteiger partial charge is 0.189 e. The van der Waals surface area contributed by atoms with Crippen molar-refractivity contribution in [1.82, 2.24) is 10.2 Å². The topological polar surface area (TPSA) is 53.6 Å². The predicted molar refractivity (Wildman–Crippen MR) is 57.9 cm³/mol. The Morgan fingerprint density at radius 2 is 1.92 bits per heavy atom. The SMILES string of the molecule is CC(CN(C)C)N=C(N)NC(C)C. The normalized spacial score (nSPS) is 15.2. The lowest BCUT2D eigenvalue weighted by atomic mass is 10.3. The van der Waals surface area contributed by atoms with Crippen LogP contribution in [0.5, 0.6) is 0 Å². The van der Waals surface area contributed by atoms with Gasteiger partial charge in [0.15, 0.2) is 5.96 Å². The molecule has 13 heavy (non-hydrogen) atoms. The molecular weight excluding hydrogens is 164 g/mol. The van der Waals surface area contributed by atoms with Crippen LogP contribution in [0, 0.1) is 0 Å². The van der Waals surface area contributed by atoms with Gasteiger partial charge in [-0.3, -0.25) is 0 Å². The van der Waals surface area contributed by atoms with Gasteiger partial charge in [0.1, 0.15) is 0 Å². The second-order valence-corrected chi connectivity index (χ2v) is 3.92. The van der Waals surface area contributed by atoms with Crippen LogP contribution < -0.4 is 11.1 Å². The van der Waals surface area contributed by atoms with Crippen LogP contribution in [0.1, 0.15) is 20.8 Å². The van der Waals surface area contributed by atoms with Crippen LogP contribution in [-0.4, -0.2) is 43.6 Å². The maximum Gasteiger partial charge on any atom is 0.189 e. The number of nitrogens with two attached hydrogens (primary N) is 1. The summed E-state index contributed by atoms with van der Waals surface area (Å²) in [5.74, 6) is 0.532. The summed E-state index contributed by atoms with van der Waals surface area (Å²) in [4.78, 5) is 6.39. The Balaban J connectivity index is 3.91. The van der Waals surface area contributed by atoms with Gasteiger partial charge in [-0.05, 0) is 34.9 Å². The van der Waals surface area contributed by atoms with E-state index in [-0.39, 0.29) is 6.04 Å². The van der Waals surface area contributed by atoms with Crippen LogP contribution in [0.4, 0.5) is 0 Å². The van der Waals surface area contributed by atoms with E-state index in [0.717, 1.165) is 6.54 Å². The molecule has 0 spiro atoms. The van der Waals surface area contributed by atoms with Gasteiger partial charge in [-0.2, -0.15) is 0 Å². The zero-order valence-electron chi connectivity index (χ0n) is 9.33. The predicted octanol–water partition coefficient (Wildman–Crippen LogP) is 0.249. The molecule has 0 radical (unpaired) electrons. The largest absolute Gasteiger partial charge is 0.370 e. The van der Waals surface area contributed by atoms with Crippen molar-refractivity contribution in [2.45, 2.75) is 32.9 Å². The molecule has 0 amide bonds. The van der Waals surface area contributed by atoms with E-state index in [2.05, 4.69) is 22.1 Å². The van der Waals surface area contributed by atoms with Crippen molar-refractivity contribution in [1.29, 1.82) is 0 Å². The Bertz CT molecular complexity index is 163. The minimum absolute atomic E-state index is 0.237. The number of aliphatic imine (C=N–C) groups is 1. The van der Waals surface area contributed by atoms with E-state index in [0.29, 0.717) is 12.0 Å². The minimum atomic E-state index is 0.237.